The number of anilines is 2. The number of rotatable bonds is 10. The van der Waals surface area contributed by atoms with Crippen molar-refractivity contribution in [2.24, 2.45) is 0 Å². The zero-order valence-electron chi connectivity index (χ0n) is 19.6. The fraction of sp³-hybridized carbons (Fsp3) is 0.269. The van der Waals surface area contributed by atoms with E-state index in [4.69, 9.17) is 9.47 Å². The van der Waals surface area contributed by atoms with Crippen LogP contribution in [0.3, 0.4) is 0 Å². The number of amides is 4. The highest BCUT2D eigenvalue weighted by Gasteiger charge is 2.46. The predicted molar refractivity (Wildman–Crippen MR) is 135 cm³/mol. The third-order valence-corrected chi connectivity index (χ3v) is 6.41. The monoisotopic (exact) mass is 493 g/mol. The first-order valence-electron chi connectivity index (χ1n) is 11.3. The lowest BCUT2D eigenvalue weighted by atomic mass is 10.1. The molecule has 4 amide bonds. The third kappa shape index (κ3) is 5.63. The number of benzene rings is 2. The van der Waals surface area contributed by atoms with Gasteiger partial charge >= 0.3 is 6.03 Å². The van der Waals surface area contributed by atoms with Crippen molar-refractivity contribution in [3.8, 4) is 11.5 Å². The van der Waals surface area contributed by atoms with Gasteiger partial charge in [-0.1, -0.05) is 13.0 Å². The van der Waals surface area contributed by atoms with Crippen LogP contribution in [0, 0.1) is 0 Å². The summed E-state index contributed by atoms with van der Waals surface area (Å²) in [4.78, 5) is 43.1. The highest BCUT2D eigenvalue weighted by atomic mass is 32.1. The van der Waals surface area contributed by atoms with E-state index < -0.39 is 18.0 Å². The molecule has 1 aromatic heterocycles. The van der Waals surface area contributed by atoms with Crippen LogP contribution in [0.2, 0.25) is 0 Å². The number of methoxy groups -OCH3 is 1. The van der Waals surface area contributed by atoms with Crippen LogP contribution in [0.4, 0.5) is 16.2 Å². The standard InChI is InChI=1S/C26H27N3O5S/c1-3-14-34-21-10-6-18(7-11-21)27-24(30)16-23-25(31)29(19-8-12-20(33-2)13-9-19)26(32)28(23)17-22-5-4-15-35-22/h4-13,15,23H,3,14,16-17H2,1-2H3,(H,27,30)/t23-/m0/s1. The Labute approximate surface area is 208 Å². The summed E-state index contributed by atoms with van der Waals surface area (Å²) in [6.07, 6.45) is 0.749. The molecule has 8 nitrogen and oxygen atoms in total. The molecule has 1 saturated heterocycles. The van der Waals surface area contributed by atoms with Crippen LogP contribution in [0.15, 0.2) is 66.0 Å². The van der Waals surface area contributed by atoms with E-state index in [1.165, 1.54) is 16.2 Å². The van der Waals surface area contributed by atoms with Gasteiger partial charge in [-0.25, -0.2) is 9.69 Å². The number of carbonyl (C=O) groups excluding carboxylic acids is 3. The van der Waals surface area contributed by atoms with Gasteiger partial charge in [0.2, 0.25) is 5.91 Å². The van der Waals surface area contributed by atoms with Crippen molar-refractivity contribution in [2.75, 3.05) is 23.9 Å². The van der Waals surface area contributed by atoms with Gasteiger partial charge in [-0.3, -0.25) is 9.59 Å². The number of hydrogen-bond acceptors (Lipinski definition) is 6. The zero-order chi connectivity index (χ0) is 24.8. The lowest BCUT2D eigenvalue weighted by Gasteiger charge is -2.21. The summed E-state index contributed by atoms with van der Waals surface area (Å²) in [5.74, 6) is 0.547. The molecule has 1 atom stereocenters. The van der Waals surface area contributed by atoms with Gasteiger partial charge in [0.15, 0.2) is 0 Å². The van der Waals surface area contributed by atoms with E-state index in [0.717, 1.165) is 21.9 Å². The Bertz CT molecular complexity index is 1160. The highest BCUT2D eigenvalue weighted by molar-refractivity contribution is 7.09. The van der Waals surface area contributed by atoms with Crippen LogP contribution < -0.4 is 19.7 Å². The number of carbonyl (C=O) groups is 3. The first kappa shape index (κ1) is 24.3. The number of nitrogens with one attached hydrogen (secondary N) is 1. The molecule has 0 radical (unpaired) electrons. The number of urea groups is 1. The van der Waals surface area contributed by atoms with Crippen LogP contribution in [0.1, 0.15) is 24.6 Å². The second kappa shape index (κ2) is 11.1. The van der Waals surface area contributed by atoms with Crippen LogP contribution >= 0.6 is 11.3 Å². The SMILES string of the molecule is CCCOc1ccc(NC(=O)C[C@H]2C(=O)N(c3ccc(OC)cc3)C(=O)N2Cc2cccs2)cc1. The summed E-state index contributed by atoms with van der Waals surface area (Å²) < 4.78 is 10.7. The average Bonchev–Trinajstić information content (AvgIpc) is 3.46. The van der Waals surface area contributed by atoms with Crippen molar-refractivity contribution in [2.45, 2.75) is 32.4 Å². The molecular formula is C26H27N3O5S. The van der Waals surface area contributed by atoms with Crippen LogP contribution in [-0.2, 0) is 16.1 Å². The molecule has 2 heterocycles. The van der Waals surface area contributed by atoms with Crippen LogP contribution in [0.5, 0.6) is 11.5 Å². The Balaban J connectivity index is 1.51. The summed E-state index contributed by atoms with van der Waals surface area (Å²) in [7, 11) is 1.55. The van der Waals surface area contributed by atoms with Crippen molar-refractivity contribution < 1.29 is 23.9 Å². The molecule has 4 rings (SSSR count). The minimum Gasteiger partial charge on any atom is -0.497 e. The van der Waals surface area contributed by atoms with E-state index in [1.54, 1.807) is 55.6 Å². The number of hydrogen-bond donors (Lipinski definition) is 1. The molecule has 3 aromatic rings. The summed E-state index contributed by atoms with van der Waals surface area (Å²) in [6.45, 7) is 2.89. The minimum absolute atomic E-state index is 0.156. The second-order valence-corrected chi connectivity index (χ2v) is 9.03. The maximum Gasteiger partial charge on any atom is 0.332 e. The zero-order valence-corrected chi connectivity index (χ0v) is 20.4. The molecule has 0 saturated carbocycles. The van der Waals surface area contributed by atoms with Gasteiger partial charge < -0.3 is 19.7 Å². The molecule has 1 N–H and O–H groups in total. The Morgan fingerprint density at radius 1 is 1.03 bits per heavy atom. The van der Waals surface area contributed by atoms with Crippen molar-refractivity contribution in [1.29, 1.82) is 0 Å². The molecule has 35 heavy (non-hydrogen) atoms. The third-order valence-electron chi connectivity index (χ3n) is 5.55. The smallest absolute Gasteiger partial charge is 0.332 e. The van der Waals surface area contributed by atoms with Crippen molar-refractivity contribution in [3.05, 3.63) is 70.9 Å². The largest absolute Gasteiger partial charge is 0.497 e. The lowest BCUT2D eigenvalue weighted by Crippen LogP contribution is -2.37. The number of thiophene rings is 1. The molecule has 1 aliphatic heterocycles. The molecule has 182 valence electrons. The summed E-state index contributed by atoms with van der Waals surface area (Å²) in [5.41, 5.74) is 1.02. The number of nitrogens with zero attached hydrogens (tertiary/aromatic N) is 2. The fourth-order valence-corrected chi connectivity index (χ4v) is 4.50. The molecule has 0 bridgehead atoms. The first-order chi connectivity index (χ1) is 17.0. The maximum atomic E-state index is 13.4. The molecule has 1 aliphatic rings. The van der Waals surface area contributed by atoms with Gasteiger partial charge in [0.05, 0.1) is 32.4 Å². The fourth-order valence-electron chi connectivity index (χ4n) is 3.80. The molecule has 0 spiro atoms. The Morgan fingerprint density at radius 2 is 1.74 bits per heavy atom. The first-order valence-corrected chi connectivity index (χ1v) is 12.2. The van der Waals surface area contributed by atoms with Gasteiger partial charge in [-0.05, 0) is 66.4 Å². The van der Waals surface area contributed by atoms with Gasteiger partial charge in [0.25, 0.3) is 5.91 Å². The Morgan fingerprint density at radius 3 is 2.37 bits per heavy atom. The van der Waals surface area contributed by atoms with E-state index >= 15 is 0 Å². The van der Waals surface area contributed by atoms with Crippen molar-refractivity contribution in [3.63, 3.8) is 0 Å². The van der Waals surface area contributed by atoms with E-state index in [2.05, 4.69) is 5.32 Å². The van der Waals surface area contributed by atoms with Crippen molar-refractivity contribution in [1.82, 2.24) is 4.90 Å². The van der Waals surface area contributed by atoms with Crippen molar-refractivity contribution >= 4 is 40.6 Å². The maximum absolute atomic E-state index is 13.4. The van der Waals surface area contributed by atoms with E-state index in [9.17, 15) is 14.4 Å². The molecular weight excluding hydrogens is 466 g/mol. The molecule has 0 aliphatic carbocycles. The molecule has 9 heteroatoms. The molecule has 2 aromatic carbocycles. The summed E-state index contributed by atoms with van der Waals surface area (Å²) >= 11 is 1.49. The number of imide groups is 1. The quantitative estimate of drug-likeness (QED) is 0.406. The Hall–Kier alpha value is -3.85. The minimum atomic E-state index is -0.918. The average molecular weight is 494 g/mol. The van der Waals surface area contributed by atoms with E-state index in [-0.39, 0.29) is 18.9 Å². The van der Waals surface area contributed by atoms with E-state index in [1.807, 2.05) is 24.4 Å². The predicted octanol–water partition coefficient (Wildman–Crippen LogP) is 4.91. The van der Waals surface area contributed by atoms with Gasteiger partial charge in [-0.2, -0.15) is 0 Å². The topological polar surface area (TPSA) is 88.2 Å². The lowest BCUT2D eigenvalue weighted by molar-refractivity contribution is -0.124. The van der Waals surface area contributed by atoms with Crippen LogP contribution in [-0.4, -0.2) is 42.5 Å². The van der Waals surface area contributed by atoms with E-state index in [0.29, 0.717) is 23.7 Å². The van der Waals surface area contributed by atoms with Gasteiger partial charge in [0, 0.05) is 10.6 Å². The summed E-state index contributed by atoms with van der Waals surface area (Å²) in [5, 5.41) is 4.73. The number of ether oxygens (including phenoxy) is 2. The molecule has 1 fully saturated rings. The Kier molecular flexibility index (Phi) is 7.67. The second-order valence-electron chi connectivity index (χ2n) is 8.00. The van der Waals surface area contributed by atoms with Gasteiger partial charge in [-0.15, -0.1) is 11.3 Å². The normalized spacial score (nSPS) is 15.4. The summed E-state index contributed by atoms with van der Waals surface area (Å²) in [6, 6.07) is 16.2. The van der Waals surface area contributed by atoms with Gasteiger partial charge in [0.1, 0.15) is 17.5 Å². The van der Waals surface area contributed by atoms with Crippen LogP contribution in [0.25, 0.3) is 0 Å². The highest BCUT2D eigenvalue weighted by Crippen LogP contribution is 2.30. The molecule has 0 unspecified atom stereocenters.